The van der Waals surface area contributed by atoms with Gasteiger partial charge in [-0.3, -0.25) is 0 Å². The van der Waals surface area contributed by atoms with Gasteiger partial charge in [0.15, 0.2) is 5.82 Å². The van der Waals surface area contributed by atoms with E-state index in [9.17, 15) is 0 Å². The summed E-state index contributed by atoms with van der Waals surface area (Å²) in [5, 5.41) is 1.21. The number of fused-ring (bicyclic) bond motifs is 12. The van der Waals surface area contributed by atoms with Crippen LogP contribution in [0.3, 0.4) is 0 Å². The fourth-order valence-electron chi connectivity index (χ4n) is 9.56. The van der Waals surface area contributed by atoms with Gasteiger partial charge in [-0.25, -0.2) is 9.97 Å². The zero-order valence-electron chi connectivity index (χ0n) is 30.9. The molecule has 0 atom stereocenters. The minimum atomic E-state index is -0.561. The maximum absolute atomic E-state index is 6.73. The van der Waals surface area contributed by atoms with E-state index in [1.165, 1.54) is 33.2 Å². The molecule has 2 aromatic heterocycles. The minimum absolute atomic E-state index is 0.561. The van der Waals surface area contributed by atoms with Crippen LogP contribution in [-0.4, -0.2) is 9.97 Å². The van der Waals surface area contributed by atoms with Crippen molar-refractivity contribution in [3.05, 3.63) is 221 Å². The molecule has 2 aliphatic carbocycles. The summed E-state index contributed by atoms with van der Waals surface area (Å²) in [6.45, 7) is 0. The first-order valence-electron chi connectivity index (χ1n) is 19.6. The van der Waals surface area contributed by atoms with Crippen LogP contribution in [0.4, 0.5) is 0 Å². The first kappa shape index (κ1) is 32.0. The van der Waals surface area contributed by atoms with Crippen molar-refractivity contribution in [1.82, 2.24) is 9.97 Å². The summed E-state index contributed by atoms with van der Waals surface area (Å²) in [4.78, 5) is 10.4. The lowest BCUT2D eigenvalue weighted by molar-refractivity contribution is 0.436. The van der Waals surface area contributed by atoms with Gasteiger partial charge in [0.05, 0.1) is 16.8 Å². The van der Waals surface area contributed by atoms with Gasteiger partial charge >= 0.3 is 0 Å². The molecule has 1 aliphatic heterocycles. The summed E-state index contributed by atoms with van der Waals surface area (Å²) < 4.78 is 13.2. The van der Waals surface area contributed by atoms with Crippen molar-refractivity contribution in [2.45, 2.75) is 18.3 Å². The molecule has 3 aliphatic rings. The molecule has 0 saturated carbocycles. The highest BCUT2D eigenvalue weighted by Gasteiger charge is 2.51. The van der Waals surface area contributed by atoms with Gasteiger partial charge in [-0.1, -0.05) is 146 Å². The Morgan fingerprint density at radius 3 is 1.88 bits per heavy atom. The van der Waals surface area contributed by atoms with Gasteiger partial charge in [0.1, 0.15) is 22.8 Å². The van der Waals surface area contributed by atoms with Crippen LogP contribution < -0.4 is 4.74 Å². The second kappa shape index (κ2) is 12.4. The number of hydrogen-bond donors (Lipinski definition) is 0. The maximum Gasteiger partial charge on any atom is 0.160 e. The predicted molar refractivity (Wildman–Crippen MR) is 227 cm³/mol. The summed E-state index contributed by atoms with van der Waals surface area (Å²) >= 11 is 0. The zero-order valence-corrected chi connectivity index (χ0v) is 30.9. The molecule has 0 fully saturated rings. The first-order valence-corrected chi connectivity index (χ1v) is 19.6. The van der Waals surface area contributed by atoms with Crippen molar-refractivity contribution in [2.75, 3.05) is 0 Å². The number of para-hydroxylation sites is 2. The summed E-state index contributed by atoms with van der Waals surface area (Å²) in [7, 11) is 0. The van der Waals surface area contributed by atoms with Crippen molar-refractivity contribution in [3.8, 4) is 56.5 Å². The van der Waals surface area contributed by atoms with E-state index in [2.05, 4.69) is 158 Å². The molecule has 4 nitrogen and oxygen atoms in total. The standard InChI is InChI=1S/C53H34N2O2/c1-2-13-35(14-3-1)52-54-46(34-27-25-33(26-28-34)37-18-12-19-41-40-17-6-10-23-48(40)57-51(37)41)32-47(55-52)36-29-30-50-45(31-36)53(44-22-9-11-24-49(44)56-50)42-20-7-4-15-38(42)39-16-5-8-21-43(39)53/h1-11,13-18,20-32H,12,19H2. The van der Waals surface area contributed by atoms with Crippen molar-refractivity contribution >= 4 is 16.5 Å². The Labute approximate surface area is 330 Å². The van der Waals surface area contributed by atoms with Crippen molar-refractivity contribution in [2.24, 2.45) is 0 Å². The minimum Gasteiger partial charge on any atom is -0.457 e. The Bertz CT molecular complexity index is 3060. The summed E-state index contributed by atoms with van der Waals surface area (Å²) in [5.74, 6) is 3.39. The molecule has 0 saturated heterocycles. The SMILES string of the molecule is C1=C(c2ccc(-c3cc(-c4ccc5c(c4)C4(c6ccccc6O5)c5ccccc5-c5ccccc54)nc(-c4ccccc4)n3)cc2)c2oc3ccccc3c2CC1. The molecule has 0 amide bonds. The highest BCUT2D eigenvalue weighted by molar-refractivity contribution is 5.92. The lowest BCUT2D eigenvalue weighted by atomic mass is 9.66. The van der Waals surface area contributed by atoms with E-state index in [1.807, 2.05) is 24.3 Å². The smallest absolute Gasteiger partial charge is 0.160 e. The average Bonchev–Trinajstić information content (AvgIpc) is 3.81. The molecule has 1 spiro atoms. The van der Waals surface area contributed by atoms with E-state index in [1.54, 1.807) is 0 Å². The van der Waals surface area contributed by atoms with Gasteiger partial charge in [-0.15, -0.1) is 0 Å². The zero-order chi connectivity index (χ0) is 37.5. The lowest BCUT2D eigenvalue weighted by Crippen LogP contribution is -2.32. The van der Waals surface area contributed by atoms with Crippen molar-refractivity contribution in [3.63, 3.8) is 0 Å². The number of benzene rings is 7. The highest BCUT2D eigenvalue weighted by atomic mass is 16.5. The molecule has 0 N–H and O–H groups in total. The molecule has 7 aromatic carbocycles. The fourth-order valence-corrected chi connectivity index (χ4v) is 9.56. The largest absolute Gasteiger partial charge is 0.457 e. The quantitative estimate of drug-likeness (QED) is 0.181. The third-order valence-electron chi connectivity index (χ3n) is 12.1. The lowest BCUT2D eigenvalue weighted by Gasteiger charge is -2.39. The van der Waals surface area contributed by atoms with Gasteiger partial charge in [-0.2, -0.15) is 0 Å². The molecule has 268 valence electrons. The van der Waals surface area contributed by atoms with E-state index < -0.39 is 5.41 Å². The van der Waals surface area contributed by atoms with Crippen LogP contribution in [0, 0.1) is 0 Å². The number of ether oxygens (including phenoxy) is 1. The summed E-state index contributed by atoms with van der Waals surface area (Å²) in [6.07, 6.45) is 4.28. The fraction of sp³-hybridized carbons (Fsp3) is 0.0566. The molecule has 12 rings (SSSR count). The third-order valence-corrected chi connectivity index (χ3v) is 12.1. The number of aromatic nitrogens is 2. The van der Waals surface area contributed by atoms with Crippen molar-refractivity contribution < 1.29 is 9.15 Å². The Morgan fingerprint density at radius 1 is 0.474 bits per heavy atom. The van der Waals surface area contributed by atoms with Gasteiger partial charge in [0.2, 0.25) is 0 Å². The molecular formula is C53H34N2O2. The Balaban J connectivity index is 1.01. The number of hydrogen-bond acceptors (Lipinski definition) is 4. The van der Waals surface area contributed by atoms with Gasteiger partial charge < -0.3 is 9.15 Å². The molecule has 0 bridgehead atoms. The Kier molecular flexibility index (Phi) is 6.93. The molecular weight excluding hydrogens is 697 g/mol. The van der Waals surface area contributed by atoms with E-state index >= 15 is 0 Å². The van der Waals surface area contributed by atoms with E-state index in [0.29, 0.717) is 5.82 Å². The van der Waals surface area contributed by atoms with Crippen LogP contribution in [0.5, 0.6) is 11.5 Å². The summed E-state index contributed by atoms with van der Waals surface area (Å²) in [5.41, 5.74) is 15.9. The highest BCUT2D eigenvalue weighted by Crippen LogP contribution is 2.62. The topological polar surface area (TPSA) is 48.2 Å². The first-order chi connectivity index (χ1) is 28.2. The van der Waals surface area contributed by atoms with E-state index in [0.717, 1.165) is 86.0 Å². The van der Waals surface area contributed by atoms with Crippen LogP contribution in [0.25, 0.3) is 61.6 Å². The molecule has 0 unspecified atom stereocenters. The van der Waals surface area contributed by atoms with Crippen LogP contribution in [0.2, 0.25) is 0 Å². The molecule has 9 aromatic rings. The number of aryl methyl sites for hydroxylation is 1. The van der Waals surface area contributed by atoms with Crippen LogP contribution in [0.1, 0.15) is 45.6 Å². The summed E-state index contributed by atoms with van der Waals surface area (Å²) in [6, 6.07) is 62.2. The second-order valence-electron chi connectivity index (χ2n) is 15.1. The van der Waals surface area contributed by atoms with Crippen molar-refractivity contribution in [1.29, 1.82) is 0 Å². The third kappa shape index (κ3) is 4.74. The van der Waals surface area contributed by atoms with Crippen LogP contribution in [0.15, 0.2) is 186 Å². The Morgan fingerprint density at radius 2 is 1.09 bits per heavy atom. The normalized spacial score (nSPS) is 14.2. The number of furan rings is 1. The van der Waals surface area contributed by atoms with Crippen LogP contribution >= 0.6 is 0 Å². The second-order valence-corrected chi connectivity index (χ2v) is 15.1. The maximum atomic E-state index is 6.73. The molecule has 57 heavy (non-hydrogen) atoms. The van der Waals surface area contributed by atoms with Gasteiger partial charge in [-0.05, 0) is 77.1 Å². The number of allylic oxidation sites excluding steroid dienone is 1. The Hall–Kier alpha value is -7.30. The average molecular weight is 731 g/mol. The van der Waals surface area contributed by atoms with Gasteiger partial charge in [0, 0.05) is 44.3 Å². The van der Waals surface area contributed by atoms with E-state index in [4.69, 9.17) is 19.1 Å². The van der Waals surface area contributed by atoms with Gasteiger partial charge in [0.25, 0.3) is 0 Å². The monoisotopic (exact) mass is 730 g/mol. The van der Waals surface area contributed by atoms with E-state index in [-0.39, 0.29) is 0 Å². The molecule has 3 heterocycles. The predicted octanol–water partition coefficient (Wildman–Crippen LogP) is 13.1. The number of nitrogens with zero attached hydrogens (tertiary/aromatic N) is 2. The number of rotatable bonds is 4. The van der Waals surface area contributed by atoms with Crippen LogP contribution in [-0.2, 0) is 11.8 Å². The molecule has 4 heteroatoms. The molecule has 0 radical (unpaired) electrons.